The maximum Gasteiger partial charge on any atom is 0.130 e. The molecule has 0 aliphatic carbocycles. The van der Waals surface area contributed by atoms with Gasteiger partial charge in [0.2, 0.25) is 0 Å². The average Bonchev–Trinajstić information content (AvgIpc) is 2.39. The minimum atomic E-state index is 0.369. The first-order valence-corrected chi connectivity index (χ1v) is 6.27. The normalized spacial score (nSPS) is 10.0. The molecule has 1 aromatic heterocycles. The molecule has 0 unspecified atom stereocenters. The molecule has 0 spiro atoms. The van der Waals surface area contributed by atoms with Crippen LogP contribution < -0.4 is 16.0 Å². The van der Waals surface area contributed by atoms with Crippen LogP contribution in [0.15, 0.2) is 42.6 Å². The van der Waals surface area contributed by atoms with Crippen molar-refractivity contribution in [2.24, 2.45) is 5.73 Å². The number of nitrogens with one attached hydrogen (secondary N) is 1. The van der Waals surface area contributed by atoms with E-state index in [1.165, 1.54) is 0 Å². The Morgan fingerprint density at radius 2 is 1.89 bits per heavy atom. The second kappa shape index (κ2) is 5.67. The Kier molecular flexibility index (Phi) is 3.97. The van der Waals surface area contributed by atoms with Crippen LogP contribution in [0.2, 0.25) is 0 Å². The van der Waals surface area contributed by atoms with Crippen molar-refractivity contribution in [1.82, 2.24) is 4.98 Å². The van der Waals surface area contributed by atoms with Crippen molar-refractivity contribution in [2.75, 3.05) is 24.3 Å². The van der Waals surface area contributed by atoms with E-state index in [1.807, 2.05) is 44.4 Å². The lowest BCUT2D eigenvalue weighted by molar-refractivity contribution is 1.13. The van der Waals surface area contributed by atoms with Crippen molar-refractivity contribution < 1.29 is 0 Å². The van der Waals surface area contributed by atoms with Gasteiger partial charge in [0.05, 0.1) is 0 Å². The van der Waals surface area contributed by atoms with Gasteiger partial charge in [0, 0.05) is 37.2 Å². The Bertz CT molecular complexity index is 578. The first-order valence-electron chi connectivity index (χ1n) is 5.86. The molecule has 0 saturated carbocycles. The molecule has 0 amide bonds. The largest absolute Gasteiger partial charge is 0.389 e. The van der Waals surface area contributed by atoms with Crippen molar-refractivity contribution in [3.05, 3.63) is 48.2 Å². The second-order valence-electron chi connectivity index (χ2n) is 4.36. The standard InChI is InChI=1S/C14H16N4S/c1-18(2)12-5-3-11(4-6-12)17-13-9-10(14(15)19)7-8-16-13/h3-9H,1-2H3,(H2,15,19)(H,16,17). The van der Waals surface area contributed by atoms with Gasteiger partial charge < -0.3 is 16.0 Å². The summed E-state index contributed by atoms with van der Waals surface area (Å²) in [6.07, 6.45) is 1.69. The third-order valence-electron chi connectivity index (χ3n) is 2.70. The van der Waals surface area contributed by atoms with Gasteiger partial charge in [-0.25, -0.2) is 4.98 Å². The Morgan fingerprint density at radius 3 is 2.47 bits per heavy atom. The molecule has 3 N–H and O–H groups in total. The lowest BCUT2D eigenvalue weighted by atomic mass is 10.2. The van der Waals surface area contributed by atoms with E-state index in [0.717, 1.165) is 22.8 Å². The number of aromatic nitrogens is 1. The highest BCUT2D eigenvalue weighted by Crippen LogP contribution is 2.19. The van der Waals surface area contributed by atoms with E-state index in [9.17, 15) is 0 Å². The predicted molar refractivity (Wildman–Crippen MR) is 84.2 cm³/mol. The average molecular weight is 272 g/mol. The van der Waals surface area contributed by atoms with E-state index in [0.29, 0.717) is 4.99 Å². The highest BCUT2D eigenvalue weighted by molar-refractivity contribution is 7.80. The zero-order chi connectivity index (χ0) is 13.8. The quantitative estimate of drug-likeness (QED) is 0.838. The molecule has 0 aliphatic rings. The molecule has 19 heavy (non-hydrogen) atoms. The molecule has 1 heterocycles. The lowest BCUT2D eigenvalue weighted by Crippen LogP contribution is -2.10. The number of thiocarbonyl (C=S) groups is 1. The van der Waals surface area contributed by atoms with E-state index in [-0.39, 0.29) is 0 Å². The summed E-state index contributed by atoms with van der Waals surface area (Å²) in [5.41, 5.74) is 8.52. The number of pyridine rings is 1. The zero-order valence-electron chi connectivity index (χ0n) is 10.9. The van der Waals surface area contributed by atoms with Crippen molar-refractivity contribution in [2.45, 2.75) is 0 Å². The minimum absolute atomic E-state index is 0.369. The van der Waals surface area contributed by atoms with Gasteiger partial charge in [-0.1, -0.05) is 12.2 Å². The van der Waals surface area contributed by atoms with Crippen LogP contribution in [0.4, 0.5) is 17.2 Å². The number of nitrogens with zero attached hydrogens (tertiary/aromatic N) is 2. The molecule has 0 bridgehead atoms. The molecule has 1 aromatic carbocycles. The fourth-order valence-corrected chi connectivity index (χ4v) is 1.77. The van der Waals surface area contributed by atoms with Gasteiger partial charge in [0.1, 0.15) is 10.8 Å². The van der Waals surface area contributed by atoms with E-state index < -0.39 is 0 Å². The molecule has 98 valence electrons. The molecular weight excluding hydrogens is 256 g/mol. The molecule has 2 rings (SSSR count). The van der Waals surface area contributed by atoms with Crippen LogP contribution in [0.5, 0.6) is 0 Å². The maximum atomic E-state index is 5.60. The van der Waals surface area contributed by atoms with Crippen LogP contribution >= 0.6 is 12.2 Å². The van der Waals surface area contributed by atoms with E-state index in [1.54, 1.807) is 12.3 Å². The Balaban J connectivity index is 2.16. The van der Waals surface area contributed by atoms with Gasteiger partial charge >= 0.3 is 0 Å². The zero-order valence-corrected chi connectivity index (χ0v) is 11.7. The summed E-state index contributed by atoms with van der Waals surface area (Å²) in [4.78, 5) is 6.66. The molecule has 4 nitrogen and oxygen atoms in total. The second-order valence-corrected chi connectivity index (χ2v) is 4.80. The molecule has 0 radical (unpaired) electrons. The molecule has 5 heteroatoms. The van der Waals surface area contributed by atoms with Gasteiger partial charge in [0.15, 0.2) is 0 Å². The SMILES string of the molecule is CN(C)c1ccc(Nc2cc(C(N)=S)ccn2)cc1. The smallest absolute Gasteiger partial charge is 0.130 e. The van der Waals surface area contributed by atoms with Crippen LogP contribution in [0.1, 0.15) is 5.56 Å². The van der Waals surface area contributed by atoms with Gasteiger partial charge in [0.25, 0.3) is 0 Å². The summed E-state index contributed by atoms with van der Waals surface area (Å²) < 4.78 is 0. The minimum Gasteiger partial charge on any atom is -0.389 e. The van der Waals surface area contributed by atoms with Gasteiger partial charge in [-0.2, -0.15) is 0 Å². The highest BCUT2D eigenvalue weighted by Gasteiger charge is 2.01. The Hall–Kier alpha value is -2.14. The summed E-state index contributed by atoms with van der Waals surface area (Å²) in [6.45, 7) is 0. The molecule has 0 fully saturated rings. The van der Waals surface area contributed by atoms with Crippen molar-refractivity contribution >= 4 is 34.4 Å². The van der Waals surface area contributed by atoms with Gasteiger partial charge in [-0.3, -0.25) is 0 Å². The number of benzene rings is 1. The summed E-state index contributed by atoms with van der Waals surface area (Å²) >= 11 is 4.95. The summed E-state index contributed by atoms with van der Waals surface area (Å²) in [5, 5.41) is 3.22. The van der Waals surface area contributed by atoms with Crippen LogP contribution in [-0.4, -0.2) is 24.1 Å². The van der Waals surface area contributed by atoms with Crippen molar-refractivity contribution in [1.29, 1.82) is 0 Å². The van der Waals surface area contributed by atoms with Gasteiger partial charge in [-0.15, -0.1) is 0 Å². The van der Waals surface area contributed by atoms with E-state index in [4.69, 9.17) is 18.0 Å². The third-order valence-corrected chi connectivity index (χ3v) is 2.94. The summed E-state index contributed by atoms with van der Waals surface area (Å²) in [6, 6.07) is 11.7. The van der Waals surface area contributed by atoms with Crippen LogP contribution in [0.25, 0.3) is 0 Å². The maximum absolute atomic E-state index is 5.60. The topological polar surface area (TPSA) is 54.2 Å². The van der Waals surface area contributed by atoms with Crippen LogP contribution in [-0.2, 0) is 0 Å². The Labute approximate surface area is 118 Å². The number of hydrogen-bond acceptors (Lipinski definition) is 4. The van der Waals surface area contributed by atoms with Crippen LogP contribution in [0, 0.1) is 0 Å². The first-order chi connectivity index (χ1) is 9.06. The van der Waals surface area contributed by atoms with E-state index in [2.05, 4.69) is 15.2 Å². The molecule has 0 saturated heterocycles. The molecule has 2 aromatic rings. The summed E-state index contributed by atoms with van der Waals surface area (Å²) in [5.74, 6) is 0.725. The van der Waals surface area contributed by atoms with Crippen molar-refractivity contribution in [3.8, 4) is 0 Å². The van der Waals surface area contributed by atoms with Crippen molar-refractivity contribution in [3.63, 3.8) is 0 Å². The summed E-state index contributed by atoms with van der Waals surface area (Å²) in [7, 11) is 4.02. The molecule has 0 atom stereocenters. The monoisotopic (exact) mass is 272 g/mol. The number of anilines is 3. The number of rotatable bonds is 4. The molecular formula is C14H16N4S. The predicted octanol–water partition coefficient (Wildman–Crippen LogP) is 2.53. The third kappa shape index (κ3) is 3.42. The molecule has 0 aliphatic heterocycles. The van der Waals surface area contributed by atoms with E-state index >= 15 is 0 Å². The fraction of sp³-hybridized carbons (Fsp3) is 0.143. The Morgan fingerprint density at radius 1 is 1.21 bits per heavy atom. The fourth-order valence-electron chi connectivity index (χ4n) is 1.64. The van der Waals surface area contributed by atoms with Gasteiger partial charge in [-0.05, 0) is 36.4 Å². The number of nitrogens with two attached hydrogens (primary N) is 1. The lowest BCUT2D eigenvalue weighted by Gasteiger charge is -2.13. The number of hydrogen-bond donors (Lipinski definition) is 2. The highest BCUT2D eigenvalue weighted by atomic mass is 32.1. The first kappa shape index (κ1) is 13.3. The van der Waals surface area contributed by atoms with Crippen LogP contribution in [0.3, 0.4) is 0 Å².